The van der Waals surface area contributed by atoms with E-state index < -0.39 is 6.04 Å². The summed E-state index contributed by atoms with van der Waals surface area (Å²) in [6, 6.07) is 4.66. The van der Waals surface area contributed by atoms with Gasteiger partial charge in [0.1, 0.15) is 18.3 Å². The molecule has 0 aliphatic heterocycles. The van der Waals surface area contributed by atoms with Crippen LogP contribution in [-0.2, 0) is 4.79 Å². The third kappa shape index (κ3) is 3.40. The maximum atomic E-state index is 12.2. The van der Waals surface area contributed by atoms with E-state index in [1.165, 1.54) is 17.3 Å². The Bertz CT molecular complexity index is 614. The number of carbonyl (C=O) groups is 1. The molecule has 0 unspecified atom stereocenters. The Morgan fingerprint density at radius 2 is 2.29 bits per heavy atom. The van der Waals surface area contributed by atoms with Gasteiger partial charge >= 0.3 is 0 Å². The molecule has 21 heavy (non-hydrogen) atoms. The molecule has 2 aromatic rings. The zero-order chi connectivity index (χ0) is 15.4. The van der Waals surface area contributed by atoms with E-state index in [2.05, 4.69) is 15.4 Å². The SMILES string of the molecule is CC[C@H](C)[C@H](N)C(=O)Nc1cccc(Cl)c1-n1cncn1. The molecule has 0 radical (unpaired) electrons. The fourth-order valence-corrected chi connectivity index (χ4v) is 2.16. The normalized spacial score (nSPS) is 13.7. The number of nitrogens with zero attached hydrogens (tertiary/aromatic N) is 3. The van der Waals surface area contributed by atoms with E-state index in [1.807, 2.05) is 13.8 Å². The van der Waals surface area contributed by atoms with Crippen molar-refractivity contribution in [1.82, 2.24) is 14.8 Å². The van der Waals surface area contributed by atoms with Crippen molar-refractivity contribution < 1.29 is 4.79 Å². The second kappa shape index (κ2) is 6.69. The quantitative estimate of drug-likeness (QED) is 0.887. The third-order valence-corrected chi connectivity index (χ3v) is 3.76. The summed E-state index contributed by atoms with van der Waals surface area (Å²) < 4.78 is 1.51. The molecule has 0 aliphatic carbocycles. The lowest BCUT2D eigenvalue weighted by atomic mass is 9.99. The molecule has 7 heteroatoms. The summed E-state index contributed by atoms with van der Waals surface area (Å²) in [7, 11) is 0. The van der Waals surface area contributed by atoms with E-state index in [1.54, 1.807) is 18.2 Å². The summed E-state index contributed by atoms with van der Waals surface area (Å²) in [5.74, 6) is -0.146. The number of anilines is 1. The molecule has 1 aromatic carbocycles. The molecule has 0 spiro atoms. The van der Waals surface area contributed by atoms with Gasteiger partial charge in [0.15, 0.2) is 0 Å². The molecule has 1 heterocycles. The number of benzene rings is 1. The van der Waals surface area contributed by atoms with Crippen LogP contribution in [0.1, 0.15) is 20.3 Å². The Morgan fingerprint density at radius 1 is 1.52 bits per heavy atom. The first-order valence-corrected chi connectivity index (χ1v) is 7.12. The van der Waals surface area contributed by atoms with Gasteiger partial charge in [-0.3, -0.25) is 4.79 Å². The van der Waals surface area contributed by atoms with E-state index in [9.17, 15) is 4.79 Å². The average Bonchev–Trinajstić information content (AvgIpc) is 2.99. The Balaban J connectivity index is 2.29. The minimum atomic E-state index is -0.572. The van der Waals surface area contributed by atoms with Crippen LogP contribution in [0.15, 0.2) is 30.9 Å². The Morgan fingerprint density at radius 3 is 2.90 bits per heavy atom. The molecule has 2 atom stereocenters. The number of hydrogen-bond donors (Lipinski definition) is 2. The van der Waals surface area contributed by atoms with Gasteiger partial charge in [-0.05, 0) is 18.1 Å². The topological polar surface area (TPSA) is 85.8 Å². The van der Waals surface area contributed by atoms with Crippen molar-refractivity contribution in [1.29, 1.82) is 0 Å². The highest BCUT2D eigenvalue weighted by atomic mass is 35.5. The van der Waals surface area contributed by atoms with Gasteiger partial charge in [0.05, 0.1) is 16.8 Å². The van der Waals surface area contributed by atoms with Gasteiger partial charge in [0, 0.05) is 0 Å². The van der Waals surface area contributed by atoms with Gasteiger partial charge in [0.2, 0.25) is 5.91 Å². The summed E-state index contributed by atoms with van der Waals surface area (Å²) in [4.78, 5) is 16.1. The van der Waals surface area contributed by atoms with Crippen LogP contribution in [0.4, 0.5) is 5.69 Å². The third-order valence-electron chi connectivity index (χ3n) is 3.45. The number of para-hydroxylation sites is 1. The fourth-order valence-electron chi connectivity index (χ4n) is 1.90. The van der Waals surface area contributed by atoms with Crippen LogP contribution < -0.4 is 11.1 Å². The second-order valence-corrected chi connectivity index (χ2v) is 5.28. The molecule has 0 saturated heterocycles. The van der Waals surface area contributed by atoms with Crippen molar-refractivity contribution in [3.8, 4) is 5.69 Å². The standard InChI is InChI=1S/C14H18ClN5O/c1-3-9(2)12(16)14(21)19-11-6-4-5-10(15)13(11)20-8-17-7-18-20/h4-9,12H,3,16H2,1-2H3,(H,19,21)/t9-,12-/m0/s1. The summed E-state index contributed by atoms with van der Waals surface area (Å²) in [6.45, 7) is 3.94. The first kappa shape index (κ1) is 15.5. The first-order chi connectivity index (χ1) is 10.0. The van der Waals surface area contributed by atoms with Crippen molar-refractivity contribution >= 4 is 23.2 Å². The molecular formula is C14H18ClN5O. The molecule has 1 amide bonds. The van der Waals surface area contributed by atoms with Gasteiger partial charge < -0.3 is 11.1 Å². The first-order valence-electron chi connectivity index (χ1n) is 6.74. The summed E-state index contributed by atoms with van der Waals surface area (Å²) in [5.41, 5.74) is 7.07. The smallest absolute Gasteiger partial charge is 0.241 e. The van der Waals surface area contributed by atoms with Crippen molar-refractivity contribution in [3.63, 3.8) is 0 Å². The molecular weight excluding hydrogens is 290 g/mol. The second-order valence-electron chi connectivity index (χ2n) is 4.88. The molecule has 0 bridgehead atoms. The summed E-state index contributed by atoms with van der Waals surface area (Å²) >= 11 is 6.20. The molecule has 0 fully saturated rings. The van der Waals surface area contributed by atoms with Crippen LogP contribution in [0.5, 0.6) is 0 Å². The number of nitrogens with two attached hydrogens (primary N) is 1. The number of halogens is 1. The van der Waals surface area contributed by atoms with E-state index in [-0.39, 0.29) is 11.8 Å². The maximum absolute atomic E-state index is 12.2. The Hall–Kier alpha value is -1.92. The molecule has 0 saturated carbocycles. The minimum absolute atomic E-state index is 0.0963. The highest BCUT2D eigenvalue weighted by Gasteiger charge is 2.21. The zero-order valence-corrected chi connectivity index (χ0v) is 12.7. The minimum Gasteiger partial charge on any atom is -0.323 e. The van der Waals surface area contributed by atoms with Crippen molar-refractivity contribution in [2.24, 2.45) is 11.7 Å². The molecule has 0 aliphatic rings. The lowest BCUT2D eigenvalue weighted by Crippen LogP contribution is -2.40. The van der Waals surface area contributed by atoms with E-state index >= 15 is 0 Å². The van der Waals surface area contributed by atoms with Gasteiger partial charge in [-0.1, -0.05) is 37.9 Å². The van der Waals surface area contributed by atoms with Crippen LogP contribution in [0.25, 0.3) is 5.69 Å². The highest BCUT2D eigenvalue weighted by Crippen LogP contribution is 2.28. The fraction of sp³-hybridized carbons (Fsp3) is 0.357. The van der Waals surface area contributed by atoms with Gasteiger partial charge in [-0.25, -0.2) is 9.67 Å². The lowest BCUT2D eigenvalue weighted by Gasteiger charge is -2.19. The predicted molar refractivity (Wildman–Crippen MR) is 82.4 cm³/mol. The maximum Gasteiger partial charge on any atom is 0.241 e. The van der Waals surface area contributed by atoms with Crippen molar-refractivity contribution in [2.45, 2.75) is 26.3 Å². The number of carbonyl (C=O) groups excluding carboxylic acids is 1. The largest absolute Gasteiger partial charge is 0.323 e. The molecule has 6 nitrogen and oxygen atoms in total. The number of nitrogens with one attached hydrogen (secondary N) is 1. The zero-order valence-electron chi connectivity index (χ0n) is 12.0. The van der Waals surface area contributed by atoms with Crippen LogP contribution in [0, 0.1) is 5.92 Å². The number of hydrogen-bond acceptors (Lipinski definition) is 4. The molecule has 3 N–H and O–H groups in total. The van der Waals surface area contributed by atoms with E-state index in [0.717, 1.165) is 6.42 Å². The van der Waals surface area contributed by atoms with Gasteiger partial charge in [-0.15, -0.1) is 0 Å². The van der Waals surface area contributed by atoms with Gasteiger partial charge in [-0.2, -0.15) is 5.10 Å². The Kier molecular flexibility index (Phi) is 4.93. The number of aromatic nitrogens is 3. The average molecular weight is 308 g/mol. The van der Waals surface area contributed by atoms with E-state index in [0.29, 0.717) is 16.4 Å². The highest BCUT2D eigenvalue weighted by molar-refractivity contribution is 6.33. The lowest BCUT2D eigenvalue weighted by molar-refractivity contribution is -0.118. The molecule has 112 valence electrons. The van der Waals surface area contributed by atoms with Crippen LogP contribution >= 0.6 is 11.6 Å². The monoisotopic (exact) mass is 307 g/mol. The number of amides is 1. The number of rotatable bonds is 5. The van der Waals surface area contributed by atoms with E-state index in [4.69, 9.17) is 17.3 Å². The van der Waals surface area contributed by atoms with Crippen molar-refractivity contribution in [3.05, 3.63) is 35.9 Å². The van der Waals surface area contributed by atoms with Crippen LogP contribution in [-0.4, -0.2) is 26.7 Å². The predicted octanol–water partition coefficient (Wildman–Crippen LogP) is 2.23. The molecule has 1 aromatic heterocycles. The van der Waals surface area contributed by atoms with Crippen LogP contribution in [0.3, 0.4) is 0 Å². The van der Waals surface area contributed by atoms with Gasteiger partial charge in [0.25, 0.3) is 0 Å². The Labute approximate surface area is 128 Å². The van der Waals surface area contributed by atoms with Crippen molar-refractivity contribution in [2.75, 3.05) is 5.32 Å². The summed E-state index contributed by atoms with van der Waals surface area (Å²) in [5, 5.41) is 7.34. The summed E-state index contributed by atoms with van der Waals surface area (Å²) in [6.07, 6.45) is 3.76. The van der Waals surface area contributed by atoms with Crippen LogP contribution in [0.2, 0.25) is 5.02 Å². The molecule has 2 rings (SSSR count).